The van der Waals surface area contributed by atoms with Crippen LogP contribution in [0, 0.1) is 18.3 Å². The van der Waals surface area contributed by atoms with Crippen LogP contribution < -0.4 is 0 Å². The summed E-state index contributed by atoms with van der Waals surface area (Å²) >= 11 is 1.56. The lowest BCUT2D eigenvalue weighted by molar-refractivity contribution is 0.0590. The lowest BCUT2D eigenvalue weighted by Crippen LogP contribution is -2.51. The van der Waals surface area contributed by atoms with Gasteiger partial charge in [-0.15, -0.1) is 11.3 Å². The van der Waals surface area contributed by atoms with Crippen molar-refractivity contribution in [3.63, 3.8) is 0 Å². The van der Waals surface area contributed by atoms with Crippen molar-refractivity contribution < 1.29 is 4.79 Å². The highest BCUT2D eigenvalue weighted by molar-refractivity contribution is 7.13. The zero-order valence-electron chi connectivity index (χ0n) is 11.4. The van der Waals surface area contributed by atoms with Gasteiger partial charge >= 0.3 is 0 Å². The van der Waals surface area contributed by atoms with Crippen molar-refractivity contribution >= 4 is 17.2 Å². The molecule has 1 aliphatic heterocycles. The molecule has 1 fully saturated rings. The normalized spacial score (nSPS) is 18.1. The van der Waals surface area contributed by atoms with Crippen molar-refractivity contribution in [2.45, 2.75) is 26.3 Å². The SMILES string of the molecule is Cc1ccc(C(=O)N2CCN([C@H](C)CC#N)CC2)s1. The van der Waals surface area contributed by atoms with E-state index in [-0.39, 0.29) is 11.9 Å². The fourth-order valence-electron chi connectivity index (χ4n) is 2.33. The van der Waals surface area contributed by atoms with Gasteiger partial charge in [-0.2, -0.15) is 5.26 Å². The second-order valence-electron chi connectivity index (χ2n) is 4.95. The van der Waals surface area contributed by atoms with Gasteiger partial charge < -0.3 is 4.90 Å². The van der Waals surface area contributed by atoms with Crippen molar-refractivity contribution in [2.75, 3.05) is 26.2 Å². The summed E-state index contributed by atoms with van der Waals surface area (Å²) in [5.41, 5.74) is 0. The van der Waals surface area contributed by atoms with Gasteiger partial charge in [0.1, 0.15) is 0 Å². The van der Waals surface area contributed by atoms with E-state index in [1.807, 2.05) is 24.0 Å². The third-order valence-electron chi connectivity index (χ3n) is 3.56. The van der Waals surface area contributed by atoms with E-state index in [9.17, 15) is 4.79 Å². The Kier molecular flexibility index (Phi) is 4.56. The average molecular weight is 277 g/mol. The van der Waals surface area contributed by atoms with Crippen molar-refractivity contribution in [3.05, 3.63) is 21.9 Å². The van der Waals surface area contributed by atoms with E-state index in [4.69, 9.17) is 5.26 Å². The molecule has 102 valence electrons. The second-order valence-corrected chi connectivity index (χ2v) is 6.24. The van der Waals surface area contributed by atoms with Gasteiger partial charge in [0.2, 0.25) is 0 Å². The van der Waals surface area contributed by atoms with Crippen molar-refractivity contribution in [1.29, 1.82) is 5.26 Å². The summed E-state index contributed by atoms with van der Waals surface area (Å²) in [5, 5.41) is 8.72. The molecule has 1 amide bonds. The van der Waals surface area contributed by atoms with Crippen molar-refractivity contribution in [3.8, 4) is 6.07 Å². The fraction of sp³-hybridized carbons (Fsp3) is 0.571. The highest BCUT2D eigenvalue weighted by Gasteiger charge is 2.25. The van der Waals surface area contributed by atoms with Gasteiger partial charge in [-0.25, -0.2) is 0 Å². The first-order chi connectivity index (χ1) is 9.11. The summed E-state index contributed by atoms with van der Waals surface area (Å²) in [6.45, 7) is 7.32. The lowest BCUT2D eigenvalue weighted by atomic mass is 10.2. The molecule has 2 heterocycles. The monoisotopic (exact) mass is 277 g/mol. The smallest absolute Gasteiger partial charge is 0.264 e. The molecule has 0 saturated carbocycles. The Balaban J connectivity index is 1.90. The summed E-state index contributed by atoms with van der Waals surface area (Å²) in [5.74, 6) is 0.144. The van der Waals surface area contributed by atoms with E-state index < -0.39 is 0 Å². The van der Waals surface area contributed by atoms with Crippen LogP contribution in [0.4, 0.5) is 0 Å². The third-order valence-corrected chi connectivity index (χ3v) is 4.55. The summed E-state index contributed by atoms with van der Waals surface area (Å²) in [6.07, 6.45) is 0.554. The van der Waals surface area contributed by atoms with E-state index in [1.165, 1.54) is 4.88 Å². The Morgan fingerprint density at radius 1 is 1.42 bits per heavy atom. The minimum absolute atomic E-state index is 0.144. The Morgan fingerprint density at radius 2 is 2.11 bits per heavy atom. The molecule has 0 bridgehead atoms. The molecule has 4 nitrogen and oxygen atoms in total. The highest BCUT2D eigenvalue weighted by atomic mass is 32.1. The van der Waals surface area contributed by atoms with Gasteiger partial charge in [0.05, 0.1) is 17.4 Å². The quantitative estimate of drug-likeness (QED) is 0.850. The molecule has 1 aliphatic rings. The minimum Gasteiger partial charge on any atom is -0.335 e. The molecule has 1 atom stereocenters. The molecular formula is C14H19N3OS. The molecule has 0 radical (unpaired) electrons. The molecule has 0 spiro atoms. The molecule has 1 aromatic heterocycles. The first-order valence-electron chi connectivity index (χ1n) is 6.58. The number of piperazine rings is 1. The number of hydrogen-bond acceptors (Lipinski definition) is 4. The van der Waals surface area contributed by atoms with Gasteiger partial charge in [-0.1, -0.05) is 0 Å². The molecule has 0 aliphatic carbocycles. The fourth-order valence-corrected chi connectivity index (χ4v) is 3.17. The van der Waals surface area contributed by atoms with E-state index in [0.717, 1.165) is 31.1 Å². The predicted molar refractivity (Wildman–Crippen MR) is 76.2 cm³/mol. The summed E-state index contributed by atoms with van der Waals surface area (Å²) in [7, 11) is 0. The Bertz CT molecular complexity index is 483. The number of nitriles is 1. The molecule has 0 unspecified atom stereocenters. The highest BCUT2D eigenvalue weighted by Crippen LogP contribution is 2.18. The number of amides is 1. The van der Waals surface area contributed by atoms with Gasteiger partial charge in [0.15, 0.2) is 0 Å². The van der Waals surface area contributed by atoms with E-state index >= 15 is 0 Å². The molecule has 19 heavy (non-hydrogen) atoms. The number of rotatable bonds is 3. The number of nitrogens with zero attached hydrogens (tertiary/aromatic N) is 3. The van der Waals surface area contributed by atoms with Gasteiger partial charge in [0, 0.05) is 37.1 Å². The Morgan fingerprint density at radius 3 is 2.63 bits per heavy atom. The van der Waals surface area contributed by atoms with Crippen LogP contribution in [0.1, 0.15) is 27.9 Å². The summed E-state index contributed by atoms with van der Waals surface area (Å²) in [4.78, 5) is 18.5. The second kappa shape index (κ2) is 6.18. The zero-order valence-corrected chi connectivity index (χ0v) is 12.2. The standard InChI is InChI=1S/C14H19N3OS/c1-11(5-6-15)16-7-9-17(10-8-16)14(18)13-4-3-12(2)19-13/h3-4,11H,5,7-10H2,1-2H3/t11-/m1/s1. The Labute approximate surface area is 118 Å². The van der Waals surface area contributed by atoms with Crippen LogP contribution >= 0.6 is 11.3 Å². The number of aryl methyl sites for hydroxylation is 1. The van der Waals surface area contributed by atoms with Crippen LogP contribution in [-0.2, 0) is 0 Å². The molecule has 5 heteroatoms. The van der Waals surface area contributed by atoms with Gasteiger partial charge in [-0.3, -0.25) is 9.69 Å². The molecule has 1 saturated heterocycles. The third kappa shape index (κ3) is 3.34. The molecule has 1 aromatic rings. The topological polar surface area (TPSA) is 47.3 Å². The maximum atomic E-state index is 12.3. The van der Waals surface area contributed by atoms with Crippen LogP contribution in [-0.4, -0.2) is 47.9 Å². The van der Waals surface area contributed by atoms with Crippen molar-refractivity contribution in [2.24, 2.45) is 0 Å². The number of hydrogen-bond donors (Lipinski definition) is 0. The van der Waals surface area contributed by atoms with Crippen LogP contribution in [0.5, 0.6) is 0 Å². The number of thiophene rings is 1. The Hall–Kier alpha value is -1.38. The molecular weight excluding hydrogens is 258 g/mol. The zero-order chi connectivity index (χ0) is 13.8. The first kappa shape index (κ1) is 14.0. The first-order valence-corrected chi connectivity index (χ1v) is 7.40. The van der Waals surface area contributed by atoms with Crippen LogP contribution in [0.25, 0.3) is 0 Å². The van der Waals surface area contributed by atoms with E-state index in [0.29, 0.717) is 6.42 Å². The van der Waals surface area contributed by atoms with Crippen LogP contribution in [0.15, 0.2) is 12.1 Å². The maximum absolute atomic E-state index is 12.3. The lowest BCUT2D eigenvalue weighted by Gasteiger charge is -2.37. The summed E-state index contributed by atoms with van der Waals surface area (Å²) < 4.78 is 0. The van der Waals surface area contributed by atoms with Gasteiger partial charge in [0.25, 0.3) is 5.91 Å². The largest absolute Gasteiger partial charge is 0.335 e. The van der Waals surface area contributed by atoms with Crippen LogP contribution in [0.2, 0.25) is 0 Å². The van der Waals surface area contributed by atoms with Crippen molar-refractivity contribution in [1.82, 2.24) is 9.80 Å². The average Bonchev–Trinajstić information content (AvgIpc) is 2.85. The maximum Gasteiger partial charge on any atom is 0.264 e. The number of carbonyl (C=O) groups is 1. The molecule has 0 aromatic carbocycles. The molecule has 2 rings (SSSR count). The predicted octanol–water partition coefficient (Wildman–Crippen LogP) is 2.12. The van der Waals surface area contributed by atoms with E-state index in [1.54, 1.807) is 11.3 Å². The summed E-state index contributed by atoms with van der Waals surface area (Å²) in [6, 6.07) is 6.39. The molecule has 0 N–H and O–H groups in total. The van der Waals surface area contributed by atoms with E-state index in [2.05, 4.69) is 17.9 Å². The van der Waals surface area contributed by atoms with Gasteiger partial charge in [-0.05, 0) is 26.0 Å². The number of carbonyl (C=O) groups excluding carboxylic acids is 1. The van der Waals surface area contributed by atoms with Crippen LogP contribution in [0.3, 0.4) is 0 Å². The minimum atomic E-state index is 0.144.